The van der Waals surface area contributed by atoms with Crippen molar-refractivity contribution in [3.05, 3.63) is 27.7 Å². The van der Waals surface area contributed by atoms with Crippen LogP contribution >= 0.6 is 15.9 Å². The summed E-state index contributed by atoms with van der Waals surface area (Å²) >= 11 is 3.01. The first-order valence-corrected chi connectivity index (χ1v) is 6.79. The molecule has 1 aliphatic carbocycles. The van der Waals surface area contributed by atoms with Crippen molar-refractivity contribution in [2.24, 2.45) is 4.99 Å². The van der Waals surface area contributed by atoms with E-state index in [4.69, 9.17) is 0 Å². The molecular weight excluding hydrogens is 339 g/mol. The summed E-state index contributed by atoms with van der Waals surface area (Å²) in [6.07, 6.45) is -0.943. The Hall–Kier alpha value is -1.33. The topological polar surface area (TPSA) is 49.7 Å². The number of rotatable bonds is 2. The fourth-order valence-corrected chi connectivity index (χ4v) is 3.12. The number of alkyl halides is 3. The summed E-state index contributed by atoms with van der Waals surface area (Å²) in [7, 11) is 0. The summed E-state index contributed by atoms with van der Waals surface area (Å²) in [5.41, 5.74) is -2.20. The third-order valence-corrected chi connectivity index (χ3v) is 4.03. The summed E-state index contributed by atoms with van der Waals surface area (Å²) < 4.78 is 38.9. The fourth-order valence-electron chi connectivity index (χ4n) is 2.66. The average Bonchev–Trinajstić information content (AvgIpc) is 2.80. The van der Waals surface area contributed by atoms with Crippen molar-refractivity contribution in [1.82, 2.24) is 0 Å². The van der Waals surface area contributed by atoms with Crippen molar-refractivity contribution in [3.8, 4) is 5.75 Å². The van der Waals surface area contributed by atoms with E-state index in [-0.39, 0.29) is 10.0 Å². The number of nitrogens with zero attached hydrogens (tertiary/aromatic N) is 1. The van der Waals surface area contributed by atoms with E-state index in [0.717, 1.165) is 18.9 Å². The number of isocyanates is 1. The van der Waals surface area contributed by atoms with E-state index in [2.05, 4.69) is 20.9 Å². The van der Waals surface area contributed by atoms with Gasteiger partial charge in [-0.15, -0.1) is 0 Å². The van der Waals surface area contributed by atoms with Crippen LogP contribution in [-0.4, -0.2) is 11.2 Å². The van der Waals surface area contributed by atoms with Gasteiger partial charge in [0.1, 0.15) is 11.3 Å². The Morgan fingerprint density at radius 3 is 2.40 bits per heavy atom. The molecular formula is C13H11BrF3NO2. The van der Waals surface area contributed by atoms with Gasteiger partial charge in [-0.2, -0.15) is 18.2 Å². The van der Waals surface area contributed by atoms with Crippen LogP contribution in [0.4, 0.5) is 13.2 Å². The van der Waals surface area contributed by atoms with Gasteiger partial charge in [0, 0.05) is 10.0 Å². The first-order chi connectivity index (χ1) is 9.30. The van der Waals surface area contributed by atoms with Crippen molar-refractivity contribution in [2.75, 3.05) is 0 Å². The van der Waals surface area contributed by atoms with Gasteiger partial charge in [-0.3, -0.25) is 0 Å². The highest BCUT2D eigenvalue weighted by atomic mass is 79.9. The van der Waals surface area contributed by atoms with E-state index >= 15 is 0 Å². The van der Waals surface area contributed by atoms with Crippen LogP contribution in [0.25, 0.3) is 0 Å². The molecule has 20 heavy (non-hydrogen) atoms. The molecule has 0 saturated heterocycles. The molecule has 1 saturated carbocycles. The lowest BCUT2D eigenvalue weighted by atomic mass is 9.87. The molecule has 2 rings (SSSR count). The molecule has 0 spiro atoms. The van der Waals surface area contributed by atoms with Crippen LogP contribution in [0, 0.1) is 0 Å². The molecule has 0 unspecified atom stereocenters. The number of phenolic OH excluding ortho intramolecular Hbond substituents is 1. The van der Waals surface area contributed by atoms with Crippen LogP contribution in [0.3, 0.4) is 0 Å². The summed E-state index contributed by atoms with van der Waals surface area (Å²) in [4.78, 5) is 14.3. The van der Waals surface area contributed by atoms with E-state index in [9.17, 15) is 23.1 Å². The number of hydrogen-bond acceptors (Lipinski definition) is 3. The van der Waals surface area contributed by atoms with Crippen LogP contribution in [0.15, 0.2) is 21.6 Å². The Morgan fingerprint density at radius 2 is 1.90 bits per heavy atom. The lowest BCUT2D eigenvalue weighted by Crippen LogP contribution is -2.20. The molecule has 1 N–H and O–H groups in total. The van der Waals surface area contributed by atoms with E-state index in [1.807, 2.05) is 0 Å². The maximum atomic E-state index is 12.9. The predicted octanol–water partition coefficient (Wildman–Crippen LogP) is 4.28. The molecule has 0 aliphatic heterocycles. The molecule has 7 heteroatoms. The normalized spacial score (nSPS) is 17.8. The molecule has 0 radical (unpaired) electrons. The maximum Gasteiger partial charge on any atom is 0.420 e. The SMILES string of the molecule is O=C=NC1(c2cc(Br)cc(C(F)(F)F)c2O)CCCC1. The zero-order valence-corrected chi connectivity index (χ0v) is 11.9. The highest BCUT2D eigenvalue weighted by Gasteiger charge is 2.42. The lowest BCUT2D eigenvalue weighted by molar-refractivity contribution is -0.138. The molecule has 0 aromatic heterocycles. The molecule has 1 aromatic rings. The third kappa shape index (κ3) is 2.60. The van der Waals surface area contributed by atoms with Crippen molar-refractivity contribution < 1.29 is 23.1 Å². The Morgan fingerprint density at radius 1 is 1.30 bits per heavy atom. The predicted molar refractivity (Wildman–Crippen MR) is 69.1 cm³/mol. The summed E-state index contributed by atoms with van der Waals surface area (Å²) in [6, 6.07) is 2.20. The van der Waals surface area contributed by atoms with Gasteiger partial charge in [0.2, 0.25) is 6.08 Å². The highest BCUT2D eigenvalue weighted by Crippen LogP contribution is 2.49. The van der Waals surface area contributed by atoms with Crippen LogP contribution < -0.4 is 0 Å². The second-order valence-electron chi connectivity index (χ2n) is 4.79. The Balaban J connectivity index is 2.68. The standard InChI is InChI=1S/C13H11BrF3NO2/c14-8-5-9(11(20)10(6-8)13(15,16)17)12(18-7-19)3-1-2-4-12/h5-6,20H,1-4H2. The van der Waals surface area contributed by atoms with Gasteiger partial charge >= 0.3 is 6.18 Å². The number of benzene rings is 1. The molecule has 0 atom stereocenters. The first-order valence-electron chi connectivity index (χ1n) is 5.99. The molecule has 0 amide bonds. The van der Waals surface area contributed by atoms with Gasteiger partial charge in [-0.05, 0) is 25.0 Å². The molecule has 1 aromatic carbocycles. The van der Waals surface area contributed by atoms with Crippen LogP contribution in [0.1, 0.15) is 36.8 Å². The van der Waals surface area contributed by atoms with Gasteiger partial charge < -0.3 is 5.11 Å². The minimum Gasteiger partial charge on any atom is -0.507 e. The van der Waals surface area contributed by atoms with Gasteiger partial charge in [0.05, 0.1) is 5.56 Å². The minimum absolute atomic E-state index is 0.0278. The zero-order chi connectivity index (χ0) is 15.0. The van der Waals surface area contributed by atoms with E-state index < -0.39 is 23.0 Å². The minimum atomic E-state index is -4.67. The number of phenols is 1. The van der Waals surface area contributed by atoms with E-state index in [1.165, 1.54) is 12.1 Å². The molecule has 1 aliphatic rings. The molecule has 108 valence electrons. The van der Waals surface area contributed by atoms with Crippen LogP contribution in [-0.2, 0) is 16.5 Å². The van der Waals surface area contributed by atoms with Crippen molar-refractivity contribution in [3.63, 3.8) is 0 Å². The smallest absolute Gasteiger partial charge is 0.420 e. The van der Waals surface area contributed by atoms with E-state index in [1.54, 1.807) is 0 Å². The lowest BCUT2D eigenvalue weighted by Gasteiger charge is -2.25. The van der Waals surface area contributed by atoms with Gasteiger partial charge in [0.15, 0.2) is 0 Å². The summed E-state index contributed by atoms with van der Waals surface area (Å²) in [5, 5.41) is 9.97. The second-order valence-corrected chi connectivity index (χ2v) is 5.70. The van der Waals surface area contributed by atoms with Gasteiger partial charge in [-0.1, -0.05) is 28.8 Å². The number of hydrogen-bond donors (Lipinski definition) is 1. The number of aromatic hydroxyl groups is 1. The van der Waals surface area contributed by atoms with E-state index in [0.29, 0.717) is 12.8 Å². The second kappa shape index (κ2) is 5.22. The number of aliphatic imine (C=N–C) groups is 1. The molecule has 1 fully saturated rings. The third-order valence-electron chi connectivity index (χ3n) is 3.57. The fraction of sp³-hybridized carbons (Fsp3) is 0.462. The summed E-state index contributed by atoms with van der Waals surface area (Å²) in [5.74, 6) is -0.860. The van der Waals surface area contributed by atoms with Crippen molar-refractivity contribution >= 4 is 22.0 Å². The van der Waals surface area contributed by atoms with Crippen LogP contribution in [0.2, 0.25) is 0 Å². The molecule has 0 heterocycles. The highest BCUT2D eigenvalue weighted by molar-refractivity contribution is 9.10. The largest absolute Gasteiger partial charge is 0.507 e. The Bertz CT molecular complexity index is 574. The maximum absolute atomic E-state index is 12.9. The number of carbonyl (C=O) groups excluding carboxylic acids is 1. The molecule has 0 bridgehead atoms. The quantitative estimate of drug-likeness (QED) is 0.639. The summed E-state index contributed by atoms with van der Waals surface area (Å²) in [6.45, 7) is 0. The van der Waals surface area contributed by atoms with Gasteiger partial charge in [-0.25, -0.2) is 4.79 Å². The van der Waals surface area contributed by atoms with Crippen molar-refractivity contribution in [2.45, 2.75) is 37.4 Å². The number of halogens is 4. The zero-order valence-electron chi connectivity index (χ0n) is 10.3. The monoisotopic (exact) mass is 349 g/mol. The Kier molecular flexibility index (Phi) is 3.93. The first kappa shape index (κ1) is 15.1. The average molecular weight is 350 g/mol. The molecule has 3 nitrogen and oxygen atoms in total. The Labute approximate surface area is 121 Å². The van der Waals surface area contributed by atoms with Crippen LogP contribution in [0.5, 0.6) is 5.75 Å². The van der Waals surface area contributed by atoms with Gasteiger partial charge in [0.25, 0.3) is 0 Å². The van der Waals surface area contributed by atoms with Crippen molar-refractivity contribution in [1.29, 1.82) is 0 Å².